The van der Waals surface area contributed by atoms with Gasteiger partial charge in [0.25, 0.3) is 0 Å². The molecule has 0 saturated carbocycles. The van der Waals surface area contributed by atoms with E-state index in [1.807, 2.05) is 6.92 Å². The first-order chi connectivity index (χ1) is 8.38. The van der Waals surface area contributed by atoms with E-state index in [0.29, 0.717) is 6.54 Å². The van der Waals surface area contributed by atoms with Crippen LogP contribution in [0.15, 0.2) is 0 Å². The first-order valence-corrected chi connectivity index (χ1v) is 5.92. The summed E-state index contributed by atoms with van der Waals surface area (Å²) in [7, 11) is 0. The molecule has 18 heavy (non-hydrogen) atoms. The third-order valence-corrected chi connectivity index (χ3v) is 2.40. The maximum absolute atomic E-state index is 11.7. The smallest absolute Gasteiger partial charge is 0.317 e. The molecule has 7 nitrogen and oxygen atoms in total. The summed E-state index contributed by atoms with van der Waals surface area (Å²) in [5.74, 6) is -2.24. The molecule has 0 fully saturated rings. The standard InChI is InChI=1S/C11H21N3O4/c1-3-4-5-14(7-9(12)15)11(18)13-6-8(2)10(16)17/h8H,3-7H2,1-2H3,(H2,12,15)(H,13,18)(H,16,17). The van der Waals surface area contributed by atoms with Crippen molar-refractivity contribution in [3.63, 3.8) is 0 Å². The van der Waals surface area contributed by atoms with Crippen LogP contribution in [0.5, 0.6) is 0 Å². The predicted molar refractivity (Wildman–Crippen MR) is 65.9 cm³/mol. The molecule has 0 rings (SSSR count). The molecular formula is C11H21N3O4. The van der Waals surface area contributed by atoms with Gasteiger partial charge in [-0.1, -0.05) is 20.3 Å². The Morgan fingerprint density at radius 1 is 1.39 bits per heavy atom. The van der Waals surface area contributed by atoms with Crippen LogP contribution in [0.25, 0.3) is 0 Å². The minimum absolute atomic E-state index is 0.0234. The molecule has 0 aromatic carbocycles. The summed E-state index contributed by atoms with van der Waals surface area (Å²) in [5.41, 5.74) is 5.05. The SMILES string of the molecule is CCCCN(CC(N)=O)C(=O)NCC(C)C(=O)O. The number of unbranched alkanes of at least 4 members (excludes halogenated alkanes) is 1. The number of urea groups is 1. The molecule has 4 N–H and O–H groups in total. The molecule has 104 valence electrons. The monoisotopic (exact) mass is 259 g/mol. The number of hydrogen-bond acceptors (Lipinski definition) is 3. The van der Waals surface area contributed by atoms with Crippen LogP contribution in [0.1, 0.15) is 26.7 Å². The highest BCUT2D eigenvalue weighted by atomic mass is 16.4. The highest BCUT2D eigenvalue weighted by Crippen LogP contribution is 1.97. The van der Waals surface area contributed by atoms with Gasteiger partial charge in [0.05, 0.1) is 5.92 Å². The van der Waals surface area contributed by atoms with E-state index < -0.39 is 23.8 Å². The highest BCUT2D eigenvalue weighted by Gasteiger charge is 2.17. The summed E-state index contributed by atoms with van der Waals surface area (Å²) in [6.07, 6.45) is 1.64. The van der Waals surface area contributed by atoms with Gasteiger partial charge in [0, 0.05) is 13.1 Å². The lowest BCUT2D eigenvalue weighted by Crippen LogP contribution is -2.46. The number of nitrogens with two attached hydrogens (primary N) is 1. The fraction of sp³-hybridized carbons (Fsp3) is 0.727. The summed E-state index contributed by atoms with van der Waals surface area (Å²) < 4.78 is 0. The summed E-state index contributed by atoms with van der Waals surface area (Å²) in [6.45, 7) is 3.75. The average molecular weight is 259 g/mol. The summed E-state index contributed by atoms with van der Waals surface area (Å²) in [5, 5.41) is 11.2. The Kier molecular flexibility index (Phi) is 7.50. The van der Waals surface area contributed by atoms with Gasteiger partial charge in [-0.3, -0.25) is 9.59 Å². The number of carbonyl (C=O) groups excluding carboxylic acids is 2. The van der Waals surface area contributed by atoms with Gasteiger partial charge in [0.2, 0.25) is 5.91 Å². The maximum atomic E-state index is 11.7. The van der Waals surface area contributed by atoms with Crippen molar-refractivity contribution in [2.24, 2.45) is 11.7 Å². The second-order valence-electron chi connectivity index (χ2n) is 4.17. The number of carboxylic acid groups (broad SMARTS) is 1. The first-order valence-electron chi connectivity index (χ1n) is 5.92. The molecule has 1 atom stereocenters. The van der Waals surface area contributed by atoms with Crippen molar-refractivity contribution in [1.29, 1.82) is 0 Å². The molecule has 0 radical (unpaired) electrons. The second kappa shape index (κ2) is 8.32. The van der Waals surface area contributed by atoms with Crippen molar-refractivity contribution < 1.29 is 19.5 Å². The van der Waals surface area contributed by atoms with Gasteiger partial charge in [0.1, 0.15) is 6.54 Å². The molecule has 0 spiro atoms. The number of rotatable bonds is 8. The number of carboxylic acids is 1. The van der Waals surface area contributed by atoms with Crippen LogP contribution in [0.2, 0.25) is 0 Å². The molecule has 0 bridgehead atoms. The minimum Gasteiger partial charge on any atom is -0.481 e. The summed E-state index contributed by atoms with van der Waals surface area (Å²) >= 11 is 0. The molecule has 0 heterocycles. The molecular weight excluding hydrogens is 238 g/mol. The Labute approximate surface area is 106 Å². The number of amides is 3. The van der Waals surface area contributed by atoms with Crippen molar-refractivity contribution in [1.82, 2.24) is 10.2 Å². The molecule has 0 aliphatic heterocycles. The lowest BCUT2D eigenvalue weighted by molar-refractivity contribution is -0.140. The number of carbonyl (C=O) groups is 3. The minimum atomic E-state index is -0.981. The van der Waals surface area contributed by atoms with E-state index in [0.717, 1.165) is 12.8 Å². The fourth-order valence-electron chi connectivity index (χ4n) is 1.23. The van der Waals surface area contributed by atoms with Crippen LogP contribution in [0.3, 0.4) is 0 Å². The van der Waals surface area contributed by atoms with E-state index in [-0.39, 0.29) is 13.1 Å². The van der Waals surface area contributed by atoms with Crippen molar-refractivity contribution in [3.8, 4) is 0 Å². The lowest BCUT2D eigenvalue weighted by atomic mass is 10.2. The zero-order valence-electron chi connectivity index (χ0n) is 10.8. The normalized spacial score (nSPS) is 11.7. The number of primary amides is 1. The van der Waals surface area contributed by atoms with E-state index >= 15 is 0 Å². The molecule has 0 aromatic heterocycles. The van der Waals surface area contributed by atoms with Crippen LogP contribution in [0.4, 0.5) is 4.79 Å². The Morgan fingerprint density at radius 3 is 2.44 bits per heavy atom. The van der Waals surface area contributed by atoms with Gasteiger partial charge >= 0.3 is 12.0 Å². The van der Waals surface area contributed by atoms with E-state index in [1.165, 1.54) is 11.8 Å². The third-order valence-electron chi connectivity index (χ3n) is 2.40. The number of hydrogen-bond donors (Lipinski definition) is 3. The van der Waals surface area contributed by atoms with Gasteiger partial charge in [-0.25, -0.2) is 4.79 Å². The van der Waals surface area contributed by atoms with Gasteiger partial charge in [0.15, 0.2) is 0 Å². The Bertz CT molecular complexity index is 307. The van der Waals surface area contributed by atoms with Crippen LogP contribution >= 0.6 is 0 Å². The average Bonchev–Trinajstić information content (AvgIpc) is 2.30. The quantitative estimate of drug-likeness (QED) is 0.569. The predicted octanol–water partition coefficient (Wildman–Crippen LogP) is 0.00410. The Balaban J connectivity index is 4.27. The van der Waals surface area contributed by atoms with Crippen LogP contribution < -0.4 is 11.1 Å². The fourth-order valence-corrected chi connectivity index (χ4v) is 1.23. The Morgan fingerprint density at radius 2 is 2.00 bits per heavy atom. The lowest BCUT2D eigenvalue weighted by Gasteiger charge is -2.22. The highest BCUT2D eigenvalue weighted by molar-refractivity contribution is 5.83. The molecule has 3 amide bonds. The molecule has 0 aliphatic carbocycles. The topological polar surface area (TPSA) is 113 Å². The third kappa shape index (κ3) is 6.72. The molecule has 0 aromatic rings. The largest absolute Gasteiger partial charge is 0.481 e. The molecule has 0 saturated heterocycles. The summed E-state index contributed by atoms with van der Waals surface area (Å²) in [6, 6.07) is -0.463. The molecule has 1 unspecified atom stereocenters. The zero-order chi connectivity index (χ0) is 14.1. The number of nitrogens with one attached hydrogen (secondary N) is 1. The number of nitrogens with zero attached hydrogens (tertiary/aromatic N) is 1. The van der Waals surface area contributed by atoms with Crippen molar-refractivity contribution in [2.75, 3.05) is 19.6 Å². The van der Waals surface area contributed by atoms with E-state index in [2.05, 4.69) is 5.32 Å². The van der Waals surface area contributed by atoms with Crippen LogP contribution in [0, 0.1) is 5.92 Å². The van der Waals surface area contributed by atoms with Gasteiger partial charge in [-0.05, 0) is 6.42 Å². The van der Waals surface area contributed by atoms with E-state index in [4.69, 9.17) is 10.8 Å². The zero-order valence-corrected chi connectivity index (χ0v) is 10.8. The number of aliphatic carboxylic acids is 1. The summed E-state index contributed by atoms with van der Waals surface area (Å²) in [4.78, 5) is 34.4. The van der Waals surface area contributed by atoms with E-state index in [9.17, 15) is 14.4 Å². The van der Waals surface area contributed by atoms with Gasteiger partial charge in [-0.15, -0.1) is 0 Å². The molecule has 0 aliphatic rings. The maximum Gasteiger partial charge on any atom is 0.317 e. The van der Waals surface area contributed by atoms with Gasteiger partial charge < -0.3 is 21.1 Å². The second-order valence-corrected chi connectivity index (χ2v) is 4.17. The van der Waals surface area contributed by atoms with E-state index in [1.54, 1.807) is 0 Å². The first kappa shape index (κ1) is 16.2. The Hall–Kier alpha value is -1.79. The molecule has 7 heteroatoms. The van der Waals surface area contributed by atoms with Crippen molar-refractivity contribution in [2.45, 2.75) is 26.7 Å². The van der Waals surface area contributed by atoms with Crippen LogP contribution in [-0.4, -0.2) is 47.5 Å². The van der Waals surface area contributed by atoms with Crippen LogP contribution in [-0.2, 0) is 9.59 Å². The van der Waals surface area contributed by atoms with Crippen molar-refractivity contribution >= 4 is 17.9 Å². The van der Waals surface area contributed by atoms with Crippen molar-refractivity contribution in [3.05, 3.63) is 0 Å². The van der Waals surface area contributed by atoms with Gasteiger partial charge in [-0.2, -0.15) is 0 Å².